The largest absolute Gasteiger partial charge is 0.480 e. The minimum Gasteiger partial charge on any atom is -0.480 e. The normalized spacial score (nSPS) is 13.9. The number of anilines is 2. The molecule has 1 N–H and O–H groups in total. The van der Waals surface area contributed by atoms with Crippen molar-refractivity contribution in [1.82, 2.24) is 14.9 Å². The number of carbonyl (C=O) groups is 2. The second kappa shape index (κ2) is 12.0. The number of nitrogens with one attached hydrogen (secondary N) is 1. The van der Waals surface area contributed by atoms with Gasteiger partial charge in [-0.15, -0.1) is 11.3 Å². The molecular formula is C24H25BrClN5O4S. The Balaban J connectivity index is 1.40. The molecular weight excluding hydrogens is 570 g/mol. The van der Waals surface area contributed by atoms with E-state index in [-0.39, 0.29) is 19.1 Å². The third-order valence-electron chi connectivity index (χ3n) is 5.51. The first kappa shape index (κ1) is 26.3. The highest BCUT2D eigenvalue weighted by molar-refractivity contribution is 9.10. The molecule has 3 heterocycles. The van der Waals surface area contributed by atoms with Crippen LogP contribution in [0.5, 0.6) is 5.88 Å². The lowest BCUT2D eigenvalue weighted by atomic mass is 10.2. The number of ether oxygens (including phenoxy) is 2. The molecule has 0 radical (unpaired) electrons. The standard InChI is InChI=1S/C24H25BrClN5O4S/c1-3-35-23(33)21-18(12-19(36-21)15-4-6-16(26)7-5-15)28-20(32)14-30-8-10-31(11-9-30)24-27-13-17(25)22(29-24)34-2/h4-7,12-13H,3,8-11,14H2,1-2H3,(H,28,32). The summed E-state index contributed by atoms with van der Waals surface area (Å²) in [6.45, 7) is 4.88. The number of hydrogen-bond acceptors (Lipinski definition) is 9. The summed E-state index contributed by atoms with van der Waals surface area (Å²) in [5.41, 5.74) is 1.35. The maximum absolute atomic E-state index is 12.9. The van der Waals surface area contributed by atoms with Crippen molar-refractivity contribution in [2.75, 3.05) is 56.7 Å². The lowest BCUT2D eigenvalue weighted by Gasteiger charge is -2.34. The first-order valence-electron chi connectivity index (χ1n) is 11.3. The van der Waals surface area contributed by atoms with E-state index in [1.165, 1.54) is 11.3 Å². The monoisotopic (exact) mass is 593 g/mol. The predicted molar refractivity (Wildman–Crippen MR) is 144 cm³/mol. The summed E-state index contributed by atoms with van der Waals surface area (Å²) in [7, 11) is 1.56. The zero-order chi connectivity index (χ0) is 25.7. The molecule has 1 aliphatic heterocycles. The molecule has 9 nitrogen and oxygen atoms in total. The van der Waals surface area contributed by atoms with Crippen molar-refractivity contribution in [2.24, 2.45) is 0 Å². The van der Waals surface area contributed by atoms with Crippen LogP contribution in [-0.2, 0) is 9.53 Å². The van der Waals surface area contributed by atoms with Gasteiger partial charge in [-0.25, -0.2) is 9.78 Å². The summed E-state index contributed by atoms with van der Waals surface area (Å²) in [5.74, 6) is 0.409. The van der Waals surface area contributed by atoms with Crippen molar-refractivity contribution in [3.63, 3.8) is 0 Å². The molecule has 0 aliphatic carbocycles. The summed E-state index contributed by atoms with van der Waals surface area (Å²) in [5, 5.41) is 3.53. The Morgan fingerprint density at radius 3 is 2.58 bits per heavy atom. The van der Waals surface area contributed by atoms with Crippen LogP contribution in [0.25, 0.3) is 10.4 Å². The molecule has 1 aromatic carbocycles. The third kappa shape index (κ3) is 6.33. The molecule has 1 fully saturated rings. The van der Waals surface area contributed by atoms with Crippen molar-refractivity contribution >= 4 is 62.4 Å². The summed E-state index contributed by atoms with van der Waals surface area (Å²) in [6, 6.07) is 9.12. The van der Waals surface area contributed by atoms with Crippen LogP contribution < -0.4 is 15.0 Å². The highest BCUT2D eigenvalue weighted by Crippen LogP contribution is 2.36. The average molecular weight is 595 g/mol. The smallest absolute Gasteiger partial charge is 0.350 e. The van der Waals surface area contributed by atoms with Gasteiger partial charge in [0.15, 0.2) is 0 Å². The first-order valence-corrected chi connectivity index (χ1v) is 13.3. The number of amides is 1. The predicted octanol–water partition coefficient (Wildman–Crippen LogP) is 4.57. The molecule has 3 aromatic rings. The summed E-state index contributed by atoms with van der Waals surface area (Å²) in [6.07, 6.45) is 1.67. The van der Waals surface area contributed by atoms with Gasteiger partial charge in [-0.2, -0.15) is 4.98 Å². The number of halogens is 2. The molecule has 0 saturated carbocycles. The third-order valence-corrected chi connectivity index (χ3v) is 7.47. The number of carbonyl (C=O) groups excluding carboxylic acids is 2. The van der Waals surface area contributed by atoms with Gasteiger partial charge in [0.25, 0.3) is 0 Å². The topological polar surface area (TPSA) is 96.9 Å². The van der Waals surface area contributed by atoms with Gasteiger partial charge < -0.3 is 19.7 Å². The van der Waals surface area contributed by atoms with E-state index in [1.54, 1.807) is 38.4 Å². The number of thiophene rings is 1. The average Bonchev–Trinajstić information content (AvgIpc) is 3.29. The molecule has 12 heteroatoms. The van der Waals surface area contributed by atoms with Crippen molar-refractivity contribution in [3.8, 4) is 16.3 Å². The lowest BCUT2D eigenvalue weighted by molar-refractivity contribution is -0.117. The summed E-state index contributed by atoms with van der Waals surface area (Å²) >= 11 is 10.6. The van der Waals surface area contributed by atoms with E-state index in [4.69, 9.17) is 21.1 Å². The van der Waals surface area contributed by atoms with Crippen molar-refractivity contribution < 1.29 is 19.1 Å². The van der Waals surface area contributed by atoms with Gasteiger partial charge in [0.05, 0.1) is 36.6 Å². The Labute approximate surface area is 226 Å². The second-order valence-corrected chi connectivity index (χ2v) is 10.3. The Hall–Kier alpha value is -2.73. The highest BCUT2D eigenvalue weighted by atomic mass is 79.9. The molecule has 1 aliphatic rings. The van der Waals surface area contributed by atoms with Crippen LogP contribution in [0.15, 0.2) is 41.0 Å². The second-order valence-electron chi connectivity index (χ2n) is 7.92. The Morgan fingerprint density at radius 1 is 1.19 bits per heavy atom. The minimum absolute atomic E-state index is 0.198. The first-order chi connectivity index (χ1) is 17.4. The van der Waals surface area contributed by atoms with Gasteiger partial charge in [-0.05, 0) is 46.6 Å². The van der Waals surface area contributed by atoms with E-state index in [9.17, 15) is 9.59 Å². The number of benzene rings is 1. The highest BCUT2D eigenvalue weighted by Gasteiger charge is 2.24. The van der Waals surface area contributed by atoms with E-state index < -0.39 is 5.97 Å². The zero-order valence-corrected chi connectivity index (χ0v) is 23.0. The quantitative estimate of drug-likeness (QED) is 0.379. The molecule has 1 amide bonds. The van der Waals surface area contributed by atoms with Gasteiger partial charge in [0, 0.05) is 36.1 Å². The molecule has 4 rings (SSSR count). The van der Waals surface area contributed by atoms with Crippen LogP contribution in [0.4, 0.5) is 11.6 Å². The van der Waals surface area contributed by atoms with E-state index in [0.717, 1.165) is 10.4 Å². The minimum atomic E-state index is -0.462. The zero-order valence-electron chi connectivity index (χ0n) is 19.8. The number of esters is 1. The van der Waals surface area contributed by atoms with E-state index >= 15 is 0 Å². The molecule has 0 spiro atoms. The van der Waals surface area contributed by atoms with Crippen molar-refractivity contribution in [1.29, 1.82) is 0 Å². The fourth-order valence-electron chi connectivity index (χ4n) is 3.73. The Bertz CT molecular complexity index is 1230. The Morgan fingerprint density at radius 2 is 1.92 bits per heavy atom. The maximum atomic E-state index is 12.9. The number of piperazine rings is 1. The fraction of sp³-hybridized carbons (Fsp3) is 0.333. The SMILES string of the molecule is CCOC(=O)c1sc(-c2ccc(Cl)cc2)cc1NC(=O)CN1CCN(c2ncc(Br)c(OC)n2)CC1. The molecule has 0 bridgehead atoms. The molecule has 0 atom stereocenters. The Kier molecular flexibility index (Phi) is 8.78. The fourth-order valence-corrected chi connectivity index (χ4v) is 5.22. The number of aromatic nitrogens is 2. The van der Waals surface area contributed by atoms with Crippen LogP contribution in [0.2, 0.25) is 5.02 Å². The number of hydrogen-bond donors (Lipinski definition) is 1. The van der Waals surface area contributed by atoms with E-state index in [2.05, 4.69) is 41.0 Å². The van der Waals surface area contributed by atoms with Crippen LogP contribution in [-0.4, -0.2) is 73.2 Å². The molecule has 0 unspecified atom stereocenters. The van der Waals surface area contributed by atoms with Crippen LogP contribution >= 0.6 is 38.9 Å². The van der Waals surface area contributed by atoms with Gasteiger partial charge in [0.2, 0.25) is 17.7 Å². The molecule has 190 valence electrons. The summed E-state index contributed by atoms with van der Waals surface area (Å²) in [4.78, 5) is 39.5. The van der Waals surface area contributed by atoms with Crippen LogP contribution in [0, 0.1) is 0 Å². The van der Waals surface area contributed by atoms with Crippen LogP contribution in [0.1, 0.15) is 16.6 Å². The van der Waals surface area contributed by atoms with E-state index in [1.807, 2.05) is 12.1 Å². The van der Waals surface area contributed by atoms with Crippen LogP contribution in [0.3, 0.4) is 0 Å². The van der Waals surface area contributed by atoms with Gasteiger partial charge in [-0.1, -0.05) is 23.7 Å². The molecule has 2 aromatic heterocycles. The summed E-state index contributed by atoms with van der Waals surface area (Å²) < 4.78 is 11.2. The van der Waals surface area contributed by atoms with Gasteiger partial charge >= 0.3 is 5.97 Å². The van der Waals surface area contributed by atoms with Gasteiger partial charge in [-0.3, -0.25) is 9.69 Å². The number of methoxy groups -OCH3 is 1. The van der Waals surface area contributed by atoms with Gasteiger partial charge in [0.1, 0.15) is 4.88 Å². The van der Waals surface area contributed by atoms with Crippen molar-refractivity contribution in [3.05, 3.63) is 50.9 Å². The number of rotatable bonds is 8. The number of nitrogens with zero attached hydrogens (tertiary/aromatic N) is 4. The van der Waals surface area contributed by atoms with E-state index in [0.29, 0.717) is 58.1 Å². The maximum Gasteiger partial charge on any atom is 0.350 e. The van der Waals surface area contributed by atoms with Crippen molar-refractivity contribution in [2.45, 2.75) is 6.92 Å². The molecule has 36 heavy (non-hydrogen) atoms. The molecule has 1 saturated heterocycles. The lowest BCUT2D eigenvalue weighted by Crippen LogP contribution is -2.49.